The van der Waals surface area contributed by atoms with Crippen LogP contribution in [-0.4, -0.2) is 214 Å². The normalized spacial score (nSPS) is 13.5. The number of ether oxygens (including phenoxy) is 1. The van der Waals surface area contributed by atoms with Crippen molar-refractivity contribution in [3.05, 3.63) is 281 Å². The summed E-state index contributed by atoms with van der Waals surface area (Å²) in [6.07, 6.45) is 6.07. The van der Waals surface area contributed by atoms with E-state index in [0.717, 1.165) is 41.3 Å². The van der Waals surface area contributed by atoms with E-state index in [9.17, 15) is 62.3 Å². The number of hydrogen-bond donors (Lipinski definition) is 8. The second kappa shape index (κ2) is 55.8. The van der Waals surface area contributed by atoms with E-state index in [1.54, 1.807) is 145 Å². The fourth-order valence-corrected chi connectivity index (χ4v) is 17.6. The summed E-state index contributed by atoms with van der Waals surface area (Å²) < 4.78 is 10.5. The Kier molecular flexibility index (Phi) is 45.0. The van der Waals surface area contributed by atoms with E-state index in [2.05, 4.69) is 204 Å². The Labute approximate surface area is 926 Å². The van der Waals surface area contributed by atoms with Gasteiger partial charge in [-0.1, -0.05) is 196 Å². The Morgan fingerprint density at radius 3 is 1.04 bits per heavy atom. The third-order valence-electron chi connectivity index (χ3n) is 23.1. The molecule has 4 aromatic carbocycles. The van der Waals surface area contributed by atoms with E-state index >= 15 is 0 Å². The van der Waals surface area contributed by atoms with Gasteiger partial charge in [-0.25, -0.2) is 19.9 Å². The molecule has 12 aromatic rings. The molecule has 0 unspecified atom stereocenters. The van der Waals surface area contributed by atoms with Crippen molar-refractivity contribution in [1.29, 1.82) is 0 Å². The number of anilines is 2. The summed E-state index contributed by atoms with van der Waals surface area (Å²) in [6.45, 7) is 19.4. The van der Waals surface area contributed by atoms with Crippen LogP contribution in [0.5, 0.6) is 0 Å². The predicted octanol–water partition coefficient (Wildman–Crippen LogP) is 16.4. The van der Waals surface area contributed by atoms with Crippen LogP contribution >= 0.6 is 178 Å². The zero-order valence-corrected chi connectivity index (χ0v) is 94.8. The molecule has 5 aliphatic heterocycles. The van der Waals surface area contributed by atoms with Gasteiger partial charge < -0.3 is 66.5 Å². The van der Waals surface area contributed by atoms with Gasteiger partial charge in [-0.15, -0.1) is 12.4 Å². The maximum atomic E-state index is 13.5. The third-order valence-corrected chi connectivity index (χ3v) is 29.2. The number of likely N-dealkylation sites (tertiary alicyclic amines) is 4. The van der Waals surface area contributed by atoms with Crippen molar-refractivity contribution in [3.8, 4) is 11.8 Å². The number of rotatable bonds is 23. The highest BCUT2D eigenvalue weighted by Gasteiger charge is 2.34. The van der Waals surface area contributed by atoms with Crippen molar-refractivity contribution in [1.82, 2.24) is 84.8 Å². The lowest BCUT2D eigenvalue weighted by atomic mass is 10.0. The van der Waals surface area contributed by atoms with Gasteiger partial charge >= 0.3 is 0 Å². The van der Waals surface area contributed by atoms with Crippen LogP contribution in [0.2, 0.25) is 30.1 Å². The molecule has 33 nitrogen and oxygen atoms in total. The number of nitrogens with zero attached hydrogens (tertiary/aromatic N) is 11. The van der Waals surface area contributed by atoms with Crippen LogP contribution in [0.15, 0.2) is 179 Å². The van der Waals surface area contributed by atoms with Gasteiger partial charge in [0, 0.05) is 166 Å². The summed E-state index contributed by atoms with van der Waals surface area (Å²) in [5.74, 6) is 6.35. The summed E-state index contributed by atoms with van der Waals surface area (Å²) in [5.41, 5.74) is 3.85. The zero-order valence-electron chi connectivity index (χ0n) is 80.0. The number of aromatic amines is 1. The van der Waals surface area contributed by atoms with Gasteiger partial charge in [0.25, 0.3) is 45.9 Å². The monoisotopic (exact) mass is 2510 g/mol. The maximum Gasteiger partial charge on any atom is 0.265 e. The molecule has 17 rings (SSSR count). The molecule has 13 heterocycles. The zero-order chi connectivity index (χ0) is 105. The summed E-state index contributed by atoms with van der Waals surface area (Å²) in [4.78, 5) is 189. The Balaban J connectivity index is 0.000000188. The fourth-order valence-electron chi connectivity index (χ4n) is 15.2. The molecule has 0 bridgehead atoms. The second-order valence-electron chi connectivity index (χ2n) is 34.7. The molecule has 5 saturated heterocycles. The van der Waals surface area contributed by atoms with E-state index in [4.69, 9.17) is 74.3 Å². The second-order valence-corrected chi connectivity index (χ2v) is 41.7. The minimum absolute atomic E-state index is 0. The molecule has 5 fully saturated rings. The molecule has 0 aliphatic carbocycles. The van der Waals surface area contributed by atoms with Crippen molar-refractivity contribution in [2.24, 2.45) is 29.6 Å². The molecule has 772 valence electrons. The van der Waals surface area contributed by atoms with Crippen molar-refractivity contribution in [2.75, 3.05) is 115 Å². The first-order chi connectivity index (χ1) is 69.2. The molecule has 0 spiro atoms. The van der Waals surface area contributed by atoms with Crippen LogP contribution in [0.4, 0.5) is 11.4 Å². The number of fused-ring (bicyclic) bond motifs is 4. The van der Waals surface area contributed by atoms with Gasteiger partial charge in [0.1, 0.15) is 71.1 Å². The Bertz CT molecular complexity index is 7150. The van der Waals surface area contributed by atoms with E-state index in [-0.39, 0.29) is 121 Å². The summed E-state index contributed by atoms with van der Waals surface area (Å²) in [6, 6.07) is 34.0. The number of carbonyl (C=O) groups is 9. The first-order valence-electron chi connectivity index (χ1n) is 45.3. The van der Waals surface area contributed by atoms with Gasteiger partial charge in [0.05, 0.1) is 51.1 Å². The van der Waals surface area contributed by atoms with E-state index in [1.807, 2.05) is 4.90 Å². The highest BCUT2D eigenvalue weighted by Crippen LogP contribution is 2.34. The lowest BCUT2D eigenvalue weighted by molar-refractivity contribution is -0.138. The number of benzene rings is 4. The van der Waals surface area contributed by atoms with Gasteiger partial charge in [-0.05, 0) is 201 Å². The Morgan fingerprint density at radius 1 is 0.418 bits per heavy atom. The summed E-state index contributed by atoms with van der Waals surface area (Å²) in [7, 11) is 5.01. The smallest absolute Gasteiger partial charge is 0.265 e. The molecule has 8 N–H and O–H groups in total. The van der Waals surface area contributed by atoms with Crippen molar-refractivity contribution in [2.45, 2.75) is 80.4 Å². The van der Waals surface area contributed by atoms with Crippen LogP contribution in [0.3, 0.4) is 0 Å². The number of halogens is 13. The number of aromatic nitrogens is 8. The predicted molar refractivity (Wildman–Crippen MR) is 596 cm³/mol. The van der Waals surface area contributed by atoms with E-state index in [0.29, 0.717) is 173 Å². The average molecular weight is 2520 g/mol. The SMILES string of the molecule is CC1CN(C(=O)CBr)C1.CC1CN(C(=O)Cn2c(=O)c(C(=O)NCc3ccc(Cl)cc3)cc3c(Cl)c(Br)cnc32)C1.CC1CNC1.CNc1c(Br)cnc2c1cc(C(=O)NCc1ccc(Cl)cc1)c(=O)n2CC(=O)N1CC(C)C1.CNc1c(C#CCOC)cnc2c1cc(C(=O)NCc1ccc(Cl)cc1)c(=O)n2CC(=O)N1CC(C)C1.Cl.O=C(Br)CBr.O=C(NCc1ccc(Cl)cc1)c1cc2c(Cl)c(Br)cnc2[nH]c1=O. The van der Waals surface area contributed by atoms with E-state index < -0.39 is 45.9 Å². The molecule has 5 aliphatic rings. The average Bonchev–Trinajstić information content (AvgIpc) is 0.766. The minimum Gasteiger partial charge on any atom is -0.387 e. The number of methoxy groups -OCH3 is 1. The first kappa shape index (κ1) is 118. The number of amides is 8. The number of nitrogens with one attached hydrogen (secondary N) is 8. The van der Waals surface area contributed by atoms with Crippen molar-refractivity contribution >= 4 is 285 Å². The van der Waals surface area contributed by atoms with Gasteiger partial charge in [0.2, 0.25) is 28.3 Å². The molecule has 146 heavy (non-hydrogen) atoms. The van der Waals surface area contributed by atoms with Gasteiger partial charge in [-0.3, -0.25) is 76.0 Å². The van der Waals surface area contributed by atoms with Crippen LogP contribution in [0.1, 0.15) is 104 Å². The quantitative estimate of drug-likeness (QED) is 0.0167. The third kappa shape index (κ3) is 31.7. The molecule has 0 atom stereocenters. The molecular weight excluding hydrogens is 2420 g/mol. The maximum absolute atomic E-state index is 13.5. The minimum atomic E-state index is -0.598. The van der Waals surface area contributed by atoms with Crippen LogP contribution in [0.25, 0.3) is 44.1 Å². The van der Waals surface area contributed by atoms with Gasteiger partial charge in [0.15, 0.2) is 0 Å². The fraction of sp³-hybridized carbons (Fsp3) is 0.330. The molecular formula is C100H102Br6Cl7N19O14. The topological polar surface area (TPSA) is 410 Å². The Morgan fingerprint density at radius 2 is 0.719 bits per heavy atom. The molecule has 0 saturated carbocycles. The molecule has 0 radical (unpaired) electrons. The Hall–Kier alpha value is -10.3. The summed E-state index contributed by atoms with van der Waals surface area (Å²) >= 11 is 54.9. The molecule has 8 amide bonds. The van der Waals surface area contributed by atoms with Crippen LogP contribution in [0, 0.1) is 41.4 Å². The highest BCUT2D eigenvalue weighted by molar-refractivity contribution is 9.19. The van der Waals surface area contributed by atoms with E-state index in [1.165, 1.54) is 63.4 Å². The van der Waals surface area contributed by atoms with Crippen molar-refractivity contribution in [3.63, 3.8) is 0 Å². The lowest BCUT2D eigenvalue weighted by Gasteiger charge is -2.37. The standard InChI is InChI=1S/C27H28ClN5O4.C23H23BrClN5O3.C22H19BrCl2N4O3.C16H10BrCl2N3O2.C6H10BrNO.C4H9N.C2H2Br2O.ClH/c1-17-14-32(15-17)23(34)16-33-25-21(24(29-2)19(13-30-25)5-4-10-37-3)11-22(27(33)36)26(35)31-12-18-6-8-20(28)9-7-18;1-13-10-29(11-13)19(31)12-30-21-16(20(26-2)18(24)9-27-21)7-17(23(30)33)22(32)28-8-14-3-5-15(25)6-4-14;1-12-9-28(10-12)18(30)11-29-20-15(19(25)17(23)8-26-20)6-16(22(29)32)21(31)27-7-13-2-4-14(24)5-3-13;17-12-7-20-14-10(13(12)19)5-11(16(24)22-14)15(23)21-6-8-1-3-9(18)4-2-8;1-5-3-8(4-5)6(9)2-7;1-4-2-5-3-4;3-1-2(4)5;/h6-9,11,13,17H,10,12,14-16H2,1-3H3,(H,29,30)(H,31,35);3-7,9,13H,8,10-12H2,1-2H3,(H,26,27)(H,28,32);2-6,8,12H,7,9-11H2,1H3,(H,27,31);1-5,7H,6H2,(H,21,23)(H,20,22,24);5H,2-4H2,1H3;4-5H,2-3H2,1H3;1H2;1H. The lowest BCUT2D eigenvalue weighted by Crippen LogP contribution is -2.50. The van der Waals surface area contributed by atoms with Gasteiger partial charge in [-0.2, -0.15) is 0 Å². The number of alkyl halides is 2. The highest BCUT2D eigenvalue weighted by atomic mass is 79.9. The first-order valence-corrected chi connectivity index (χ1v) is 53.0. The molecule has 46 heteroatoms. The van der Waals surface area contributed by atoms with Crippen LogP contribution in [-0.2, 0) is 74.5 Å². The number of hydrogen-bond acceptors (Lipinski definition) is 21. The van der Waals surface area contributed by atoms with Crippen LogP contribution < -0.4 is 59.5 Å². The largest absolute Gasteiger partial charge is 0.387 e. The number of pyridine rings is 8. The summed E-state index contributed by atoms with van der Waals surface area (Å²) in [5, 5.41) is 26.3. The molecule has 8 aromatic heterocycles. The van der Waals surface area contributed by atoms with Crippen molar-refractivity contribution < 1.29 is 47.9 Å². The number of carbonyl (C=O) groups excluding carboxylic acids is 9. The number of H-pyrrole nitrogens is 1.